The van der Waals surface area contributed by atoms with E-state index in [1.807, 2.05) is 0 Å². The van der Waals surface area contributed by atoms with Crippen molar-refractivity contribution in [1.82, 2.24) is 0 Å². The summed E-state index contributed by atoms with van der Waals surface area (Å²) in [5.74, 6) is -0.379. The maximum absolute atomic E-state index is 10.8. The molecule has 4 heteroatoms. The lowest BCUT2D eigenvalue weighted by molar-refractivity contribution is -0.143. The third-order valence-electron chi connectivity index (χ3n) is 3.47. The van der Waals surface area contributed by atoms with Crippen molar-refractivity contribution < 1.29 is 14.6 Å². The van der Waals surface area contributed by atoms with E-state index in [2.05, 4.69) is 6.92 Å². The molecule has 3 unspecified atom stereocenters. The molecule has 0 saturated heterocycles. The Bertz CT molecular complexity index is 240. The molecule has 0 amide bonds. The fraction of sp³-hybridized carbons (Fsp3) is 0.917. The van der Waals surface area contributed by atoms with Crippen LogP contribution in [0.15, 0.2) is 0 Å². The largest absolute Gasteiger partial charge is 0.480 e. The summed E-state index contributed by atoms with van der Waals surface area (Å²) in [4.78, 5) is 10.8. The second-order valence-electron chi connectivity index (χ2n) is 5.14. The summed E-state index contributed by atoms with van der Waals surface area (Å²) < 4.78 is 5.74. The first-order chi connectivity index (χ1) is 7.43. The molecule has 1 aliphatic carbocycles. The van der Waals surface area contributed by atoms with Crippen LogP contribution in [0, 0.1) is 5.92 Å². The monoisotopic (exact) mass is 229 g/mol. The molecule has 1 saturated carbocycles. The van der Waals surface area contributed by atoms with Crippen LogP contribution in [-0.2, 0) is 9.53 Å². The number of nitrogens with two attached hydrogens (primary N) is 1. The predicted molar refractivity (Wildman–Crippen MR) is 62.2 cm³/mol. The van der Waals surface area contributed by atoms with Crippen molar-refractivity contribution >= 4 is 5.97 Å². The Morgan fingerprint density at radius 2 is 2.12 bits per heavy atom. The summed E-state index contributed by atoms with van der Waals surface area (Å²) in [6.07, 6.45) is 5.46. The fourth-order valence-corrected chi connectivity index (χ4v) is 2.06. The van der Waals surface area contributed by atoms with E-state index in [0.29, 0.717) is 25.0 Å². The van der Waals surface area contributed by atoms with Gasteiger partial charge in [-0.1, -0.05) is 19.8 Å². The number of carbonyl (C=O) groups is 1. The Balaban J connectivity index is 2.26. The molecule has 3 atom stereocenters. The van der Waals surface area contributed by atoms with E-state index in [0.717, 1.165) is 6.42 Å². The van der Waals surface area contributed by atoms with Gasteiger partial charge in [0, 0.05) is 6.61 Å². The smallest absolute Gasteiger partial charge is 0.323 e. The van der Waals surface area contributed by atoms with Gasteiger partial charge >= 0.3 is 5.97 Å². The first-order valence-corrected chi connectivity index (χ1v) is 6.07. The first kappa shape index (κ1) is 13.5. The van der Waals surface area contributed by atoms with Crippen molar-refractivity contribution in [3.05, 3.63) is 0 Å². The minimum atomic E-state index is -1.17. The van der Waals surface area contributed by atoms with Crippen molar-refractivity contribution in [2.75, 3.05) is 6.61 Å². The van der Waals surface area contributed by atoms with Crippen molar-refractivity contribution in [3.63, 3.8) is 0 Å². The van der Waals surface area contributed by atoms with Crippen LogP contribution in [0.3, 0.4) is 0 Å². The summed E-state index contributed by atoms with van der Waals surface area (Å²) in [6, 6.07) is 0. The number of carboxylic acid groups (broad SMARTS) is 1. The molecule has 16 heavy (non-hydrogen) atoms. The van der Waals surface area contributed by atoms with Gasteiger partial charge in [0.05, 0.1) is 6.10 Å². The average Bonchev–Trinajstić information content (AvgIpc) is 2.20. The van der Waals surface area contributed by atoms with Gasteiger partial charge in [0.25, 0.3) is 0 Å². The third kappa shape index (κ3) is 3.76. The predicted octanol–water partition coefficient (Wildman–Crippen LogP) is 1.77. The zero-order valence-corrected chi connectivity index (χ0v) is 10.2. The number of hydrogen-bond acceptors (Lipinski definition) is 3. The van der Waals surface area contributed by atoms with Crippen LogP contribution < -0.4 is 5.73 Å². The molecule has 4 nitrogen and oxygen atoms in total. The highest BCUT2D eigenvalue weighted by Crippen LogP contribution is 2.26. The number of ether oxygens (including phenoxy) is 1. The van der Waals surface area contributed by atoms with Crippen molar-refractivity contribution in [3.8, 4) is 0 Å². The molecule has 0 aromatic carbocycles. The molecular weight excluding hydrogens is 206 g/mol. The molecule has 0 heterocycles. The summed E-state index contributed by atoms with van der Waals surface area (Å²) in [6.45, 7) is 4.17. The number of carboxylic acids is 1. The highest BCUT2D eigenvalue weighted by Gasteiger charge is 2.28. The molecule has 0 spiro atoms. The first-order valence-electron chi connectivity index (χ1n) is 6.07. The fourth-order valence-electron chi connectivity index (χ4n) is 2.06. The van der Waals surface area contributed by atoms with Gasteiger partial charge < -0.3 is 15.6 Å². The lowest BCUT2D eigenvalue weighted by Crippen LogP contribution is -2.46. The number of aliphatic carboxylic acids is 1. The van der Waals surface area contributed by atoms with Gasteiger partial charge in [-0.2, -0.15) is 0 Å². The molecule has 0 radical (unpaired) electrons. The summed E-state index contributed by atoms with van der Waals surface area (Å²) in [5, 5.41) is 8.85. The number of rotatable bonds is 5. The van der Waals surface area contributed by atoms with E-state index in [1.54, 1.807) is 0 Å². The molecule has 0 bridgehead atoms. The maximum Gasteiger partial charge on any atom is 0.323 e. The Morgan fingerprint density at radius 1 is 1.50 bits per heavy atom. The van der Waals surface area contributed by atoms with Crippen LogP contribution in [0.2, 0.25) is 0 Å². The number of hydrogen-bond donors (Lipinski definition) is 2. The molecule has 1 rings (SSSR count). The Labute approximate surface area is 97.2 Å². The molecule has 1 aliphatic rings. The van der Waals surface area contributed by atoms with E-state index in [1.165, 1.54) is 26.2 Å². The Kier molecular flexibility index (Phi) is 4.74. The lowest BCUT2D eigenvalue weighted by atomic mass is 9.88. The SMILES string of the molecule is CC1CCCCC1OCCC(C)(N)C(=O)O. The highest BCUT2D eigenvalue weighted by atomic mass is 16.5. The van der Waals surface area contributed by atoms with Crippen LogP contribution in [0.4, 0.5) is 0 Å². The summed E-state index contributed by atoms with van der Waals surface area (Å²) >= 11 is 0. The lowest BCUT2D eigenvalue weighted by Gasteiger charge is -2.29. The van der Waals surface area contributed by atoms with Gasteiger partial charge in [0.15, 0.2) is 0 Å². The molecule has 3 N–H and O–H groups in total. The second-order valence-corrected chi connectivity index (χ2v) is 5.14. The molecule has 1 fully saturated rings. The zero-order chi connectivity index (χ0) is 12.2. The summed E-state index contributed by atoms with van der Waals surface area (Å²) in [7, 11) is 0. The van der Waals surface area contributed by atoms with Crippen LogP contribution in [0.1, 0.15) is 46.0 Å². The highest BCUT2D eigenvalue weighted by molar-refractivity contribution is 5.77. The van der Waals surface area contributed by atoms with Gasteiger partial charge in [-0.05, 0) is 32.1 Å². The minimum Gasteiger partial charge on any atom is -0.480 e. The molecule has 0 aromatic rings. The van der Waals surface area contributed by atoms with Crippen LogP contribution in [0.25, 0.3) is 0 Å². The third-order valence-corrected chi connectivity index (χ3v) is 3.47. The van der Waals surface area contributed by atoms with Crippen molar-refractivity contribution in [2.45, 2.75) is 57.6 Å². The van der Waals surface area contributed by atoms with Crippen molar-refractivity contribution in [1.29, 1.82) is 0 Å². The standard InChI is InChI=1S/C12H23NO3/c1-9-5-3-4-6-10(9)16-8-7-12(2,13)11(14)15/h9-10H,3-8,13H2,1-2H3,(H,14,15). The Morgan fingerprint density at radius 3 is 2.69 bits per heavy atom. The van der Waals surface area contributed by atoms with Crippen LogP contribution >= 0.6 is 0 Å². The topological polar surface area (TPSA) is 72.5 Å². The molecule has 94 valence electrons. The maximum atomic E-state index is 10.8. The van der Waals surface area contributed by atoms with E-state index in [-0.39, 0.29) is 0 Å². The summed E-state index contributed by atoms with van der Waals surface area (Å²) in [5.41, 5.74) is 4.46. The van der Waals surface area contributed by atoms with E-state index in [4.69, 9.17) is 15.6 Å². The quantitative estimate of drug-likeness (QED) is 0.753. The van der Waals surface area contributed by atoms with Crippen LogP contribution in [-0.4, -0.2) is 29.3 Å². The van der Waals surface area contributed by atoms with E-state index < -0.39 is 11.5 Å². The van der Waals surface area contributed by atoms with Gasteiger partial charge in [0.2, 0.25) is 0 Å². The minimum absolute atomic E-state index is 0.290. The van der Waals surface area contributed by atoms with Gasteiger partial charge in [-0.3, -0.25) is 4.79 Å². The van der Waals surface area contributed by atoms with Crippen LogP contribution in [0.5, 0.6) is 0 Å². The van der Waals surface area contributed by atoms with Gasteiger partial charge in [-0.15, -0.1) is 0 Å². The zero-order valence-electron chi connectivity index (χ0n) is 10.2. The van der Waals surface area contributed by atoms with Gasteiger partial charge in [-0.25, -0.2) is 0 Å². The molecule has 0 aromatic heterocycles. The van der Waals surface area contributed by atoms with Crippen molar-refractivity contribution in [2.24, 2.45) is 11.7 Å². The van der Waals surface area contributed by atoms with Gasteiger partial charge in [0.1, 0.15) is 5.54 Å². The Hall–Kier alpha value is -0.610. The second kappa shape index (κ2) is 5.64. The molecular formula is C12H23NO3. The normalized spacial score (nSPS) is 29.7. The van der Waals surface area contributed by atoms with E-state index >= 15 is 0 Å². The van der Waals surface area contributed by atoms with E-state index in [9.17, 15) is 4.79 Å². The average molecular weight is 229 g/mol. The molecule has 0 aliphatic heterocycles.